The smallest absolute Gasteiger partial charge is 0.222 e. The van der Waals surface area contributed by atoms with Gasteiger partial charge in [-0.05, 0) is 39.7 Å². The highest BCUT2D eigenvalue weighted by atomic mass is 16.2. The van der Waals surface area contributed by atoms with Crippen molar-refractivity contribution in [2.45, 2.75) is 84.2 Å². The molecule has 1 fully saturated rings. The predicted molar refractivity (Wildman–Crippen MR) is 81.2 cm³/mol. The average molecular weight is 268 g/mol. The lowest BCUT2D eigenvalue weighted by Gasteiger charge is -2.29. The average Bonchev–Trinajstić information content (AvgIpc) is 2.88. The van der Waals surface area contributed by atoms with Crippen molar-refractivity contribution < 1.29 is 4.79 Å². The maximum atomic E-state index is 12.3. The summed E-state index contributed by atoms with van der Waals surface area (Å²) in [7, 11) is 0. The molecule has 0 saturated carbocycles. The number of hydrogen-bond donors (Lipinski definition) is 1. The van der Waals surface area contributed by atoms with Gasteiger partial charge in [-0.3, -0.25) is 4.79 Å². The standard InChI is InChI=1S/C16H32N2O/c1-4-5-6-7-8-11-16(19)18(14(2)3)13-15-10-9-12-17-15/h14-15,17H,4-13H2,1-3H3. The number of amides is 1. The Morgan fingerprint density at radius 1 is 1.26 bits per heavy atom. The summed E-state index contributed by atoms with van der Waals surface area (Å²) in [4.78, 5) is 14.4. The van der Waals surface area contributed by atoms with Crippen LogP contribution in [0.25, 0.3) is 0 Å². The van der Waals surface area contributed by atoms with Crippen molar-refractivity contribution in [3.05, 3.63) is 0 Å². The van der Waals surface area contributed by atoms with E-state index in [-0.39, 0.29) is 0 Å². The van der Waals surface area contributed by atoms with E-state index < -0.39 is 0 Å². The molecule has 1 amide bonds. The largest absolute Gasteiger partial charge is 0.339 e. The highest BCUT2D eigenvalue weighted by Gasteiger charge is 2.22. The van der Waals surface area contributed by atoms with Crippen LogP contribution in [-0.4, -0.2) is 36.0 Å². The normalized spacial score (nSPS) is 19.1. The zero-order chi connectivity index (χ0) is 14.1. The molecule has 112 valence electrons. The summed E-state index contributed by atoms with van der Waals surface area (Å²) in [6.07, 6.45) is 9.29. The zero-order valence-electron chi connectivity index (χ0n) is 13.1. The molecular formula is C16H32N2O. The lowest BCUT2D eigenvalue weighted by atomic mass is 10.1. The molecule has 1 saturated heterocycles. The summed E-state index contributed by atoms with van der Waals surface area (Å²) in [6.45, 7) is 8.49. The van der Waals surface area contributed by atoms with Crippen molar-refractivity contribution in [2.24, 2.45) is 0 Å². The first-order valence-electron chi connectivity index (χ1n) is 8.18. The second-order valence-electron chi connectivity index (χ2n) is 6.10. The monoisotopic (exact) mass is 268 g/mol. The van der Waals surface area contributed by atoms with Gasteiger partial charge in [0.15, 0.2) is 0 Å². The molecule has 0 bridgehead atoms. The van der Waals surface area contributed by atoms with Gasteiger partial charge in [-0.1, -0.05) is 32.6 Å². The lowest BCUT2D eigenvalue weighted by Crippen LogP contribution is -2.44. The van der Waals surface area contributed by atoms with Gasteiger partial charge in [0.2, 0.25) is 5.91 Å². The molecule has 0 spiro atoms. The summed E-state index contributed by atoms with van der Waals surface area (Å²) in [5.74, 6) is 0.347. The fourth-order valence-corrected chi connectivity index (χ4v) is 2.77. The molecule has 0 aliphatic carbocycles. The van der Waals surface area contributed by atoms with Crippen molar-refractivity contribution in [2.75, 3.05) is 13.1 Å². The topological polar surface area (TPSA) is 32.3 Å². The number of nitrogens with one attached hydrogen (secondary N) is 1. The molecule has 3 heteroatoms. The van der Waals surface area contributed by atoms with Crippen molar-refractivity contribution in [3.63, 3.8) is 0 Å². The van der Waals surface area contributed by atoms with E-state index in [0.717, 1.165) is 25.9 Å². The van der Waals surface area contributed by atoms with Crippen LogP contribution in [0.3, 0.4) is 0 Å². The quantitative estimate of drug-likeness (QED) is 0.651. The van der Waals surface area contributed by atoms with Gasteiger partial charge in [-0.25, -0.2) is 0 Å². The molecule has 1 N–H and O–H groups in total. The summed E-state index contributed by atoms with van der Waals surface area (Å²) in [6, 6.07) is 0.844. The summed E-state index contributed by atoms with van der Waals surface area (Å²) in [5.41, 5.74) is 0. The van der Waals surface area contributed by atoms with E-state index in [1.165, 1.54) is 38.5 Å². The molecule has 19 heavy (non-hydrogen) atoms. The zero-order valence-corrected chi connectivity index (χ0v) is 13.1. The number of hydrogen-bond acceptors (Lipinski definition) is 2. The number of carbonyl (C=O) groups excluding carboxylic acids is 1. The molecule has 0 radical (unpaired) electrons. The molecule has 3 nitrogen and oxygen atoms in total. The van der Waals surface area contributed by atoms with Crippen molar-refractivity contribution in [1.29, 1.82) is 0 Å². The highest BCUT2D eigenvalue weighted by Crippen LogP contribution is 2.13. The first kappa shape index (κ1) is 16.5. The Kier molecular flexibility index (Phi) is 8.11. The van der Waals surface area contributed by atoms with Crippen LogP contribution in [0, 0.1) is 0 Å². The fourth-order valence-electron chi connectivity index (χ4n) is 2.77. The van der Waals surface area contributed by atoms with Gasteiger partial charge in [0.1, 0.15) is 0 Å². The minimum atomic E-state index is 0.325. The minimum Gasteiger partial charge on any atom is -0.339 e. The second kappa shape index (κ2) is 9.35. The van der Waals surface area contributed by atoms with E-state index in [9.17, 15) is 4.79 Å². The van der Waals surface area contributed by atoms with Crippen LogP contribution < -0.4 is 5.32 Å². The highest BCUT2D eigenvalue weighted by molar-refractivity contribution is 5.76. The van der Waals surface area contributed by atoms with E-state index in [2.05, 4.69) is 31.0 Å². The summed E-state index contributed by atoms with van der Waals surface area (Å²) >= 11 is 0. The molecule has 1 atom stereocenters. The van der Waals surface area contributed by atoms with E-state index in [0.29, 0.717) is 18.0 Å². The van der Waals surface area contributed by atoms with E-state index in [1.54, 1.807) is 0 Å². The number of carbonyl (C=O) groups is 1. The molecule has 0 aromatic rings. The van der Waals surface area contributed by atoms with Gasteiger partial charge >= 0.3 is 0 Å². The van der Waals surface area contributed by atoms with Crippen LogP contribution in [0.5, 0.6) is 0 Å². The third kappa shape index (κ3) is 6.42. The van der Waals surface area contributed by atoms with Crippen LogP contribution >= 0.6 is 0 Å². The number of rotatable bonds is 9. The lowest BCUT2D eigenvalue weighted by molar-refractivity contribution is -0.133. The van der Waals surface area contributed by atoms with Crippen LogP contribution in [0.1, 0.15) is 72.1 Å². The molecule has 0 aromatic carbocycles. The Morgan fingerprint density at radius 2 is 2.00 bits per heavy atom. The third-order valence-corrected chi connectivity index (χ3v) is 4.02. The van der Waals surface area contributed by atoms with Crippen LogP contribution in [0.15, 0.2) is 0 Å². The van der Waals surface area contributed by atoms with Gasteiger partial charge < -0.3 is 10.2 Å². The molecule has 1 aliphatic heterocycles. The number of nitrogens with zero attached hydrogens (tertiary/aromatic N) is 1. The Balaban J connectivity index is 2.27. The molecular weight excluding hydrogens is 236 g/mol. The fraction of sp³-hybridized carbons (Fsp3) is 0.938. The molecule has 1 rings (SSSR count). The Bertz CT molecular complexity index is 247. The van der Waals surface area contributed by atoms with Gasteiger partial charge in [0.25, 0.3) is 0 Å². The van der Waals surface area contributed by atoms with Crippen LogP contribution in [0.2, 0.25) is 0 Å². The maximum absolute atomic E-state index is 12.3. The SMILES string of the molecule is CCCCCCCC(=O)N(CC1CCCN1)C(C)C. The Labute approximate surface area is 119 Å². The third-order valence-electron chi connectivity index (χ3n) is 4.02. The minimum absolute atomic E-state index is 0.325. The first-order chi connectivity index (χ1) is 9.15. The Morgan fingerprint density at radius 3 is 2.58 bits per heavy atom. The van der Waals surface area contributed by atoms with Gasteiger partial charge in [0.05, 0.1) is 0 Å². The maximum Gasteiger partial charge on any atom is 0.222 e. The Hall–Kier alpha value is -0.570. The van der Waals surface area contributed by atoms with Gasteiger partial charge in [-0.2, -0.15) is 0 Å². The predicted octanol–water partition coefficient (Wildman–Crippen LogP) is 3.34. The number of unbranched alkanes of at least 4 members (excludes halogenated alkanes) is 4. The van der Waals surface area contributed by atoms with E-state index in [4.69, 9.17) is 0 Å². The van der Waals surface area contributed by atoms with E-state index >= 15 is 0 Å². The first-order valence-corrected chi connectivity index (χ1v) is 8.18. The van der Waals surface area contributed by atoms with Crippen molar-refractivity contribution in [3.8, 4) is 0 Å². The van der Waals surface area contributed by atoms with Gasteiger partial charge in [0, 0.05) is 25.0 Å². The second-order valence-corrected chi connectivity index (χ2v) is 6.10. The molecule has 1 heterocycles. The molecule has 1 unspecified atom stereocenters. The van der Waals surface area contributed by atoms with Crippen molar-refractivity contribution >= 4 is 5.91 Å². The molecule has 1 aliphatic rings. The summed E-state index contributed by atoms with van der Waals surface area (Å²) < 4.78 is 0. The van der Waals surface area contributed by atoms with E-state index in [1.807, 2.05) is 0 Å². The van der Waals surface area contributed by atoms with Gasteiger partial charge in [-0.15, -0.1) is 0 Å². The van der Waals surface area contributed by atoms with Crippen LogP contribution in [0.4, 0.5) is 0 Å². The molecule has 0 aromatic heterocycles. The van der Waals surface area contributed by atoms with Crippen molar-refractivity contribution in [1.82, 2.24) is 10.2 Å². The van der Waals surface area contributed by atoms with Crippen LogP contribution in [-0.2, 0) is 4.79 Å². The summed E-state index contributed by atoms with van der Waals surface area (Å²) in [5, 5.41) is 3.49.